The number of nitrogens with one attached hydrogen (secondary N) is 2. The van der Waals surface area contributed by atoms with Crippen molar-refractivity contribution in [2.45, 2.75) is 32.6 Å². The van der Waals surface area contributed by atoms with Crippen molar-refractivity contribution >= 4 is 51.5 Å². The summed E-state index contributed by atoms with van der Waals surface area (Å²) in [6, 6.07) is 23.3. The van der Waals surface area contributed by atoms with E-state index in [1.807, 2.05) is 54.6 Å². The van der Waals surface area contributed by atoms with E-state index in [2.05, 4.69) is 30.6 Å². The Balaban J connectivity index is 1.44. The van der Waals surface area contributed by atoms with Crippen LogP contribution in [0.25, 0.3) is 10.8 Å². The number of nitrogens with zero attached hydrogens (tertiary/aromatic N) is 1. The normalized spacial score (nSPS) is 18.8. The zero-order valence-corrected chi connectivity index (χ0v) is 22.2. The smallest absolute Gasteiger partial charge is 0.234 e. The number of fused-ring (bicyclic) bond motifs is 1. The predicted octanol–water partition coefficient (Wildman–Crippen LogP) is 6.93. The van der Waals surface area contributed by atoms with Gasteiger partial charge >= 0.3 is 0 Å². The molecule has 1 amide bonds. The van der Waals surface area contributed by atoms with Gasteiger partial charge in [0.2, 0.25) is 5.91 Å². The molecule has 0 unspecified atom stereocenters. The van der Waals surface area contributed by atoms with Gasteiger partial charge in [-0.3, -0.25) is 9.59 Å². The zero-order chi connectivity index (χ0) is 26.2. The molecular weight excluding hydrogens is 502 g/mol. The molecule has 1 heterocycles. The van der Waals surface area contributed by atoms with Gasteiger partial charge in [0.15, 0.2) is 5.78 Å². The molecule has 5 rings (SSSR count). The van der Waals surface area contributed by atoms with E-state index in [0.717, 1.165) is 27.7 Å². The summed E-state index contributed by atoms with van der Waals surface area (Å²) < 4.78 is 0. The lowest BCUT2D eigenvalue weighted by Gasteiger charge is -2.39. The average Bonchev–Trinajstić information content (AvgIpc) is 2.86. The molecule has 0 saturated heterocycles. The van der Waals surface area contributed by atoms with Crippen molar-refractivity contribution < 1.29 is 9.59 Å². The molecule has 1 aliphatic heterocycles. The maximum absolute atomic E-state index is 13.3. The summed E-state index contributed by atoms with van der Waals surface area (Å²) in [6.07, 6.45) is 1.11. The summed E-state index contributed by atoms with van der Waals surface area (Å²) in [5.41, 5.74) is 3.30. The van der Waals surface area contributed by atoms with Crippen LogP contribution in [0.15, 0.2) is 88.6 Å². The topological polar surface area (TPSA) is 82.0 Å². The van der Waals surface area contributed by atoms with Crippen LogP contribution >= 0.6 is 23.4 Å². The molecule has 7 heteroatoms. The minimum atomic E-state index is -0.495. The fourth-order valence-electron chi connectivity index (χ4n) is 5.14. The number of benzene rings is 3. The summed E-state index contributed by atoms with van der Waals surface area (Å²) in [5.74, 6) is -0.505. The van der Waals surface area contributed by atoms with Gasteiger partial charge in [0.05, 0.1) is 28.3 Å². The number of amides is 1. The predicted molar refractivity (Wildman–Crippen MR) is 150 cm³/mol. The summed E-state index contributed by atoms with van der Waals surface area (Å²) in [4.78, 5) is 26.3. The monoisotopic (exact) mass is 527 g/mol. The van der Waals surface area contributed by atoms with Crippen LogP contribution in [0.2, 0.25) is 5.02 Å². The van der Waals surface area contributed by atoms with E-state index in [0.29, 0.717) is 34.0 Å². The van der Waals surface area contributed by atoms with Crippen molar-refractivity contribution in [2.75, 3.05) is 11.1 Å². The number of halogens is 1. The number of rotatable bonds is 5. The molecule has 0 aromatic heterocycles. The lowest BCUT2D eigenvalue weighted by atomic mass is 9.69. The Labute approximate surface area is 225 Å². The molecule has 186 valence electrons. The van der Waals surface area contributed by atoms with Crippen LogP contribution in [0.5, 0.6) is 0 Å². The first-order chi connectivity index (χ1) is 17.8. The third-order valence-electron chi connectivity index (χ3n) is 6.74. The minimum absolute atomic E-state index is 0.0456. The molecule has 2 aliphatic rings. The van der Waals surface area contributed by atoms with Gasteiger partial charge in [-0.05, 0) is 41.0 Å². The number of allylic oxidation sites excluding steroid dienone is 3. The first-order valence-electron chi connectivity index (χ1n) is 12.1. The molecule has 0 bridgehead atoms. The van der Waals surface area contributed by atoms with Gasteiger partial charge in [-0.15, -0.1) is 0 Å². The number of carbonyl (C=O) groups excluding carboxylic acids is 2. The molecule has 0 radical (unpaired) electrons. The summed E-state index contributed by atoms with van der Waals surface area (Å²) >= 11 is 7.41. The van der Waals surface area contributed by atoms with E-state index < -0.39 is 5.92 Å². The Kier molecular flexibility index (Phi) is 6.85. The molecule has 0 saturated carbocycles. The fourth-order valence-corrected chi connectivity index (χ4v) is 6.13. The number of hydrogen-bond acceptors (Lipinski definition) is 5. The van der Waals surface area contributed by atoms with Gasteiger partial charge in [0.25, 0.3) is 0 Å². The molecule has 0 fully saturated rings. The van der Waals surface area contributed by atoms with Crippen LogP contribution in [0.1, 0.15) is 38.2 Å². The van der Waals surface area contributed by atoms with Crippen LogP contribution in [0, 0.1) is 16.7 Å². The van der Waals surface area contributed by atoms with E-state index in [9.17, 15) is 14.9 Å². The number of hydrogen-bond donors (Lipinski definition) is 2. The van der Waals surface area contributed by atoms with Crippen LogP contribution < -0.4 is 10.6 Å². The number of ketones is 1. The maximum Gasteiger partial charge on any atom is 0.234 e. The third-order valence-corrected chi connectivity index (χ3v) is 8.01. The third kappa shape index (κ3) is 5.16. The molecule has 1 aliphatic carbocycles. The van der Waals surface area contributed by atoms with Crippen LogP contribution in [0.3, 0.4) is 0 Å². The van der Waals surface area contributed by atoms with Crippen LogP contribution in [0.4, 0.5) is 5.69 Å². The van der Waals surface area contributed by atoms with E-state index in [1.54, 1.807) is 12.1 Å². The largest absolute Gasteiger partial charge is 0.352 e. The van der Waals surface area contributed by atoms with Crippen molar-refractivity contribution in [2.24, 2.45) is 5.41 Å². The second-order valence-corrected chi connectivity index (χ2v) is 11.6. The highest BCUT2D eigenvalue weighted by Crippen LogP contribution is 2.48. The number of carbonyl (C=O) groups is 2. The van der Waals surface area contributed by atoms with Crippen molar-refractivity contribution in [3.05, 3.63) is 99.2 Å². The molecule has 5 nitrogen and oxygen atoms in total. The Morgan fingerprint density at radius 2 is 1.84 bits per heavy atom. The molecule has 0 spiro atoms. The molecule has 3 aromatic rings. The van der Waals surface area contributed by atoms with Crippen molar-refractivity contribution in [3.63, 3.8) is 0 Å². The number of anilines is 1. The van der Waals surface area contributed by atoms with Crippen molar-refractivity contribution in [1.82, 2.24) is 5.32 Å². The average molecular weight is 528 g/mol. The summed E-state index contributed by atoms with van der Waals surface area (Å²) in [6.45, 7) is 4.14. The Morgan fingerprint density at radius 3 is 2.59 bits per heavy atom. The van der Waals surface area contributed by atoms with E-state index in [-0.39, 0.29) is 22.9 Å². The van der Waals surface area contributed by atoms with E-state index in [1.165, 1.54) is 11.8 Å². The van der Waals surface area contributed by atoms with E-state index >= 15 is 0 Å². The van der Waals surface area contributed by atoms with Crippen molar-refractivity contribution in [1.29, 1.82) is 5.26 Å². The first-order valence-corrected chi connectivity index (χ1v) is 13.5. The fraction of sp³-hybridized carbons (Fsp3) is 0.233. The van der Waals surface area contributed by atoms with E-state index in [4.69, 9.17) is 11.6 Å². The lowest BCUT2D eigenvalue weighted by molar-refractivity contribution is -0.118. The van der Waals surface area contributed by atoms with Gasteiger partial charge in [-0.25, -0.2) is 0 Å². The Bertz CT molecular complexity index is 1510. The second-order valence-electron chi connectivity index (χ2n) is 10.2. The zero-order valence-electron chi connectivity index (χ0n) is 20.6. The highest BCUT2D eigenvalue weighted by atomic mass is 35.5. The van der Waals surface area contributed by atoms with Gasteiger partial charge in [0, 0.05) is 33.8 Å². The molecule has 37 heavy (non-hydrogen) atoms. The van der Waals surface area contributed by atoms with Crippen LogP contribution in [-0.4, -0.2) is 17.4 Å². The highest BCUT2D eigenvalue weighted by Gasteiger charge is 2.41. The molecule has 2 N–H and O–H groups in total. The SMILES string of the molecule is CC1(C)CC(=O)C2=C(C1)NC(SCC(=O)Nc1cccc3ccccc13)=C(C#N)[C@H]2c1ccc(Cl)cc1. The van der Waals surface area contributed by atoms with Gasteiger partial charge in [-0.1, -0.05) is 85.7 Å². The summed E-state index contributed by atoms with van der Waals surface area (Å²) in [5, 5.41) is 19.8. The first kappa shape index (κ1) is 25.1. The quantitative estimate of drug-likeness (QED) is 0.376. The molecular formula is C30H26ClN3O2S. The number of dihydropyridines is 1. The summed E-state index contributed by atoms with van der Waals surface area (Å²) in [7, 11) is 0. The Hall–Kier alpha value is -3.53. The highest BCUT2D eigenvalue weighted by molar-refractivity contribution is 8.03. The minimum Gasteiger partial charge on any atom is -0.352 e. The van der Waals surface area contributed by atoms with Crippen LogP contribution in [-0.2, 0) is 9.59 Å². The number of Topliss-reactive ketones (excluding diaryl/α,β-unsaturated/α-hetero) is 1. The van der Waals surface area contributed by atoms with Gasteiger partial charge in [-0.2, -0.15) is 5.26 Å². The lowest BCUT2D eigenvalue weighted by Crippen LogP contribution is -2.37. The van der Waals surface area contributed by atoms with Gasteiger partial charge in [0.1, 0.15) is 0 Å². The van der Waals surface area contributed by atoms with Gasteiger partial charge < -0.3 is 10.6 Å². The Morgan fingerprint density at radius 1 is 1.11 bits per heavy atom. The maximum atomic E-state index is 13.3. The number of thioether (sulfide) groups is 1. The second kappa shape index (κ2) is 10.1. The molecule has 3 aromatic carbocycles. The number of nitriles is 1. The standard InChI is InChI=1S/C30H26ClN3O2S/c1-30(2)14-24-28(25(35)15-30)27(19-10-12-20(31)13-11-19)22(16-32)29(34-24)37-17-26(36)33-23-9-5-7-18-6-3-4-8-21(18)23/h3-13,27,34H,14-15,17H2,1-2H3,(H,33,36)/t27-/m1/s1. The molecule has 1 atom stereocenters. The van der Waals surface area contributed by atoms with Crippen molar-refractivity contribution in [3.8, 4) is 6.07 Å².